The number of ether oxygens (including phenoxy) is 1. The van der Waals surface area contributed by atoms with Gasteiger partial charge in [0.1, 0.15) is 5.75 Å². The molecule has 142 valence electrons. The molecule has 1 aliphatic rings. The lowest BCUT2D eigenvalue weighted by Crippen LogP contribution is -2.34. The van der Waals surface area contributed by atoms with Crippen molar-refractivity contribution in [3.63, 3.8) is 0 Å². The molecule has 1 aromatic carbocycles. The largest absolute Gasteiger partial charge is 0.496 e. The van der Waals surface area contributed by atoms with Crippen LogP contribution in [0.15, 0.2) is 18.2 Å². The second kappa shape index (κ2) is 9.94. The molecule has 0 radical (unpaired) electrons. The number of hydrogen-bond acceptors (Lipinski definition) is 4. The Balaban J connectivity index is 1.80. The van der Waals surface area contributed by atoms with Crippen LogP contribution in [-0.2, 0) is 16.0 Å². The van der Waals surface area contributed by atoms with E-state index in [0.29, 0.717) is 36.4 Å². The molecular formula is C20H28N2O4. The lowest BCUT2D eigenvalue weighted by atomic mass is 10.0. The molecule has 1 aromatic rings. The van der Waals surface area contributed by atoms with Crippen molar-refractivity contribution in [1.82, 2.24) is 10.2 Å². The predicted octanol–water partition coefficient (Wildman–Crippen LogP) is 2.35. The van der Waals surface area contributed by atoms with Crippen LogP contribution in [0.4, 0.5) is 0 Å². The Kier molecular flexibility index (Phi) is 7.63. The lowest BCUT2D eigenvalue weighted by Gasteiger charge is -2.20. The lowest BCUT2D eigenvalue weighted by molar-refractivity contribution is -0.130. The first kappa shape index (κ1) is 19.9. The Morgan fingerprint density at radius 3 is 2.77 bits per heavy atom. The Labute approximate surface area is 154 Å². The Morgan fingerprint density at radius 2 is 2.04 bits per heavy atom. The van der Waals surface area contributed by atoms with Gasteiger partial charge in [0.05, 0.1) is 13.5 Å². The number of hydrogen-bond donors (Lipinski definition) is 1. The van der Waals surface area contributed by atoms with E-state index in [0.717, 1.165) is 32.2 Å². The third-order valence-electron chi connectivity index (χ3n) is 4.64. The topological polar surface area (TPSA) is 75.7 Å². The SMILES string of the molecule is COc1ccc(C(C)=O)cc1CC(=O)NCCCN1CCCCCC1=O. The summed E-state index contributed by atoms with van der Waals surface area (Å²) in [7, 11) is 1.54. The van der Waals surface area contributed by atoms with Gasteiger partial charge in [0, 0.05) is 37.2 Å². The predicted molar refractivity (Wildman–Crippen MR) is 99.4 cm³/mol. The fraction of sp³-hybridized carbons (Fsp3) is 0.550. The van der Waals surface area contributed by atoms with Crippen LogP contribution < -0.4 is 10.1 Å². The number of ketones is 1. The van der Waals surface area contributed by atoms with E-state index in [4.69, 9.17) is 4.74 Å². The normalized spacial score (nSPS) is 14.7. The highest BCUT2D eigenvalue weighted by atomic mass is 16.5. The van der Waals surface area contributed by atoms with Gasteiger partial charge in [-0.1, -0.05) is 6.42 Å². The molecule has 0 unspecified atom stereocenters. The smallest absolute Gasteiger partial charge is 0.224 e. The zero-order valence-electron chi connectivity index (χ0n) is 15.7. The van der Waals surface area contributed by atoms with Gasteiger partial charge in [-0.3, -0.25) is 14.4 Å². The van der Waals surface area contributed by atoms with E-state index in [1.807, 2.05) is 4.90 Å². The van der Waals surface area contributed by atoms with Crippen molar-refractivity contribution in [2.75, 3.05) is 26.7 Å². The molecule has 6 nitrogen and oxygen atoms in total. The van der Waals surface area contributed by atoms with E-state index in [2.05, 4.69) is 5.32 Å². The molecule has 2 amide bonds. The monoisotopic (exact) mass is 360 g/mol. The molecule has 1 N–H and O–H groups in total. The van der Waals surface area contributed by atoms with E-state index in [1.54, 1.807) is 25.3 Å². The van der Waals surface area contributed by atoms with Gasteiger partial charge < -0.3 is 15.0 Å². The number of Topliss-reactive ketones (excluding diaryl/α,β-unsaturated/α-hetero) is 1. The van der Waals surface area contributed by atoms with E-state index in [1.165, 1.54) is 6.92 Å². The highest BCUT2D eigenvalue weighted by Gasteiger charge is 2.16. The van der Waals surface area contributed by atoms with Gasteiger partial charge in [-0.05, 0) is 44.4 Å². The Bertz CT molecular complexity index is 657. The van der Waals surface area contributed by atoms with Gasteiger partial charge in [0.2, 0.25) is 11.8 Å². The number of nitrogens with one attached hydrogen (secondary N) is 1. The van der Waals surface area contributed by atoms with Crippen LogP contribution in [-0.4, -0.2) is 49.2 Å². The van der Waals surface area contributed by atoms with Gasteiger partial charge in [-0.2, -0.15) is 0 Å². The molecule has 2 rings (SSSR count). The highest BCUT2D eigenvalue weighted by Crippen LogP contribution is 2.21. The van der Waals surface area contributed by atoms with Crippen LogP contribution >= 0.6 is 0 Å². The third kappa shape index (κ3) is 5.86. The molecule has 1 heterocycles. The van der Waals surface area contributed by atoms with Gasteiger partial charge in [0.25, 0.3) is 0 Å². The number of carbonyl (C=O) groups is 3. The van der Waals surface area contributed by atoms with E-state index >= 15 is 0 Å². The summed E-state index contributed by atoms with van der Waals surface area (Å²) in [5.74, 6) is 0.655. The van der Waals surface area contributed by atoms with Crippen LogP contribution in [0.1, 0.15) is 54.9 Å². The van der Waals surface area contributed by atoms with E-state index in [-0.39, 0.29) is 24.0 Å². The number of likely N-dealkylation sites (tertiary alicyclic amines) is 1. The molecule has 0 atom stereocenters. The number of carbonyl (C=O) groups excluding carboxylic acids is 3. The van der Waals surface area contributed by atoms with Crippen LogP contribution in [0.25, 0.3) is 0 Å². The molecule has 0 aliphatic carbocycles. The molecular weight excluding hydrogens is 332 g/mol. The van der Waals surface area contributed by atoms with Gasteiger partial charge in [-0.25, -0.2) is 0 Å². The molecule has 0 saturated carbocycles. The third-order valence-corrected chi connectivity index (χ3v) is 4.64. The molecule has 26 heavy (non-hydrogen) atoms. The van der Waals surface area contributed by atoms with Crippen LogP contribution in [0, 0.1) is 0 Å². The minimum absolute atomic E-state index is 0.0450. The summed E-state index contributed by atoms with van der Waals surface area (Å²) < 4.78 is 5.27. The van der Waals surface area contributed by atoms with Crippen molar-refractivity contribution < 1.29 is 19.1 Å². The zero-order chi connectivity index (χ0) is 18.9. The fourth-order valence-electron chi connectivity index (χ4n) is 3.14. The van der Waals surface area contributed by atoms with Crippen molar-refractivity contribution >= 4 is 17.6 Å². The Morgan fingerprint density at radius 1 is 1.23 bits per heavy atom. The molecule has 0 spiro atoms. The maximum atomic E-state index is 12.2. The molecule has 1 fully saturated rings. The summed E-state index contributed by atoms with van der Waals surface area (Å²) in [6, 6.07) is 5.11. The zero-order valence-corrected chi connectivity index (χ0v) is 15.7. The Hall–Kier alpha value is -2.37. The molecule has 1 aliphatic heterocycles. The summed E-state index contributed by atoms with van der Waals surface area (Å²) in [6.07, 6.45) is 4.69. The average molecular weight is 360 g/mol. The second-order valence-electron chi connectivity index (χ2n) is 6.65. The van der Waals surface area contributed by atoms with Gasteiger partial charge in [-0.15, -0.1) is 0 Å². The number of amides is 2. The summed E-state index contributed by atoms with van der Waals surface area (Å²) in [5, 5.41) is 2.88. The van der Waals surface area contributed by atoms with Crippen molar-refractivity contribution in [2.24, 2.45) is 0 Å². The number of nitrogens with zero attached hydrogens (tertiary/aromatic N) is 1. The molecule has 0 bridgehead atoms. The minimum Gasteiger partial charge on any atom is -0.496 e. The van der Waals surface area contributed by atoms with Gasteiger partial charge >= 0.3 is 0 Å². The maximum absolute atomic E-state index is 12.2. The van der Waals surface area contributed by atoms with Crippen molar-refractivity contribution in [3.8, 4) is 5.75 Å². The minimum atomic E-state index is -0.119. The molecule has 0 aromatic heterocycles. The quantitative estimate of drug-likeness (QED) is 0.570. The molecule has 1 saturated heterocycles. The van der Waals surface area contributed by atoms with Crippen LogP contribution in [0.5, 0.6) is 5.75 Å². The van der Waals surface area contributed by atoms with Crippen LogP contribution in [0.2, 0.25) is 0 Å². The van der Waals surface area contributed by atoms with Crippen molar-refractivity contribution in [2.45, 2.75) is 45.4 Å². The highest BCUT2D eigenvalue weighted by molar-refractivity contribution is 5.94. The first-order chi connectivity index (χ1) is 12.5. The summed E-state index contributed by atoms with van der Waals surface area (Å²) >= 11 is 0. The number of methoxy groups -OCH3 is 1. The first-order valence-electron chi connectivity index (χ1n) is 9.23. The summed E-state index contributed by atoms with van der Waals surface area (Å²) in [4.78, 5) is 37.6. The van der Waals surface area contributed by atoms with Crippen molar-refractivity contribution in [1.29, 1.82) is 0 Å². The van der Waals surface area contributed by atoms with Gasteiger partial charge in [0.15, 0.2) is 5.78 Å². The standard InChI is InChI=1S/C20H28N2O4/c1-15(23)16-8-9-18(26-2)17(13-16)14-19(24)21-10-6-12-22-11-5-3-4-7-20(22)25/h8-9,13H,3-7,10-12,14H2,1-2H3,(H,21,24). The summed E-state index contributed by atoms with van der Waals surface area (Å²) in [5.41, 5.74) is 1.26. The summed E-state index contributed by atoms with van der Waals surface area (Å²) in [6.45, 7) is 3.52. The number of benzene rings is 1. The van der Waals surface area contributed by atoms with Crippen LogP contribution in [0.3, 0.4) is 0 Å². The first-order valence-corrected chi connectivity index (χ1v) is 9.23. The number of rotatable bonds is 8. The second-order valence-corrected chi connectivity index (χ2v) is 6.65. The van der Waals surface area contributed by atoms with Crippen molar-refractivity contribution in [3.05, 3.63) is 29.3 Å². The fourth-order valence-corrected chi connectivity index (χ4v) is 3.14. The molecule has 6 heteroatoms. The van der Waals surface area contributed by atoms with E-state index < -0.39 is 0 Å². The maximum Gasteiger partial charge on any atom is 0.224 e. The van der Waals surface area contributed by atoms with E-state index in [9.17, 15) is 14.4 Å². The average Bonchev–Trinajstić information content (AvgIpc) is 2.83.